The van der Waals surface area contributed by atoms with Gasteiger partial charge in [0.1, 0.15) is 5.82 Å². The fourth-order valence-corrected chi connectivity index (χ4v) is 2.39. The molecule has 112 valence electrons. The summed E-state index contributed by atoms with van der Waals surface area (Å²) in [6, 6.07) is 3.83. The van der Waals surface area contributed by atoms with E-state index in [2.05, 4.69) is 4.98 Å². The van der Waals surface area contributed by atoms with Crippen molar-refractivity contribution in [2.75, 3.05) is 37.6 Å². The summed E-state index contributed by atoms with van der Waals surface area (Å²) in [7, 11) is 0. The first-order valence-corrected chi connectivity index (χ1v) is 6.59. The van der Waals surface area contributed by atoms with Crippen LogP contribution in [-0.2, 0) is 6.54 Å². The van der Waals surface area contributed by atoms with Crippen LogP contribution in [0.5, 0.6) is 0 Å². The molecule has 7 heteroatoms. The number of anilines is 1. The molecule has 0 radical (unpaired) electrons. The second-order valence-electron chi connectivity index (χ2n) is 5.06. The molecule has 1 aliphatic heterocycles. The highest BCUT2D eigenvalue weighted by Crippen LogP contribution is 2.20. The lowest BCUT2D eigenvalue weighted by Gasteiger charge is -2.35. The van der Waals surface area contributed by atoms with Crippen LogP contribution >= 0.6 is 0 Å². The predicted octanol–water partition coefficient (Wildman–Crippen LogP) is 1.53. The second kappa shape index (κ2) is 5.97. The average molecular weight is 288 g/mol. The molecule has 0 spiro atoms. The zero-order valence-electron chi connectivity index (χ0n) is 11.5. The van der Waals surface area contributed by atoms with Crippen LogP contribution in [0.2, 0.25) is 0 Å². The Morgan fingerprint density at radius 2 is 1.85 bits per heavy atom. The highest BCUT2D eigenvalue weighted by molar-refractivity contribution is 5.43. The standard InChI is InChI=1S/C13H19F3N4/c1-10-6-11(8-17)7-12(18-10)20-4-2-19(3-5-20)9-13(14,15)16/h6-7H,2-5,8-9,17H2,1H3. The molecule has 0 aromatic carbocycles. The number of hydrogen-bond acceptors (Lipinski definition) is 4. The van der Waals surface area contributed by atoms with E-state index >= 15 is 0 Å². The number of rotatable bonds is 3. The Morgan fingerprint density at radius 3 is 2.40 bits per heavy atom. The minimum absolute atomic E-state index is 0.396. The Balaban J connectivity index is 1.98. The summed E-state index contributed by atoms with van der Waals surface area (Å²) in [5.74, 6) is 0.803. The lowest BCUT2D eigenvalue weighted by atomic mass is 10.2. The van der Waals surface area contributed by atoms with Crippen molar-refractivity contribution in [3.8, 4) is 0 Å². The number of alkyl halides is 3. The Kier molecular flexibility index (Phi) is 4.49. The fraction of sp³-hybridized carbons (Fsp3) is 0.615. The van der Waals surface area contributed by atoms with E-state index in [4.69, 9.17) is 5.73 Å². The number of aromatic nitrogens is 1. The maximum Gasteiger partial charge on any atom is 0.401 e. The zero-order valence-corrected chi connectivity index (χ0v) is 11.5. The van der Waals surface area contributed by atoms with E-state index < -0.39 is 12.7 Å². The minimum atomic E-state index is -4.13. The minimum Gasteiger partial charge on any atom is -0.354 e. The Labute approximate surface area is 116 Å². The molecule has 1 aliphatic rings. The van der Waals surface area contributed by atoms with Gasteiger partial charge in [-0.3, -0.25) is 4.90 Å². The summed E-state index contributed by atoms with van der Waals surface area (Å²) < 4.78 is 37.0. The van der Waals surface area contributed by atoms with Crippen molar-refractivity contribution >= 4 is 5.82 Å². The fourth-order valence-electron chi connectivity index (χ4n) is 2.39. The van der Waals surface area contributed by atoms with E-state index in [1.165, 1.54) is 4.90 Å². The van der Waals surface area contributed by atoms with Gasteiger partial charge >= 0.3 is 6.18 Å². The van der Waals surface area contributed by atoms with Crippen molar-refractivity contribution in [1.82, 2.24) is 9.88 Å². The van der Waals surface area contributed by atoms with Gasteiger partial charge in [0.15, 0.2) is 0 Å². The van der Waals surface area contributed by atoms with Crippen LogP contribution in [0.25, 0.3) is 0 Å². The number of aryl methyl sites for hydroxylation is 1. The van der Waals surface area contributed by atoms with Crippen LogP contribution in [0, 0.1) is 6.92 Å². The van der Waals surface area contributed by atoms with Gasteiger partial charge in [-0.15, -0.1) is 0 Å². The maximum atomic E-state index is 12.3. The monoisotopic (exact) mass is 288 g/mol. The molecule has 0 unspecified atom stereocenters. The lowest BCUT2D eigenvalue weighted by Crippen LogP contribution is -2.49. The third kappa shape index (κ3) is 4.08. The molecule has 0 saturated carbocycles. The van der Waals surface area contributed by atoms with Crippen LogP contribution in [0.3, 0.4) is 0 Å². The van der Waals surface area contributed by atoms with Crippen molar-refractivity contribution < 1.29 is 13.2 Å². The van der Waals surface area contributed by atoms with E-state index in [0.717, 1.165) is 17.1 Å². The summed E-state index contributed by atoms with van der Waals surface area (Å²) in [5.41, 5.74) is 7.50. The number of pyridine rings is 1. The second-order valence-corrected chi connectivity index (χ2v) is 5.06. The molecule has 20 heavy (non-hydrogen) atoms. The molecule has 2 heterocycles. The van der Waals surface area contributed by atoms with Crippen LogP contribution in [0.4, 0.5) is 19.0 Å². The number of piperazine rings is 1. The normalized spacial score (nSPS) is 17.6. The summed E-state index contributed by atoms with van der Waals surface area (Å²) in [6.07, 6.45) is -4.13. The molecule has 1 saturated heterocycles. The SMILES string of the molecule is Cc1cc(CN)cc(N2CCN(CC(F)(F)F)CC2)n1. The number of halogens is 3. The van der Waals surface area contributed by atoms with E-state index in [0.29, 0.717) is 32.7 Å². The molecule has 0 aliphatic carbocycles. The summed E-state index contributed by atoms with van der Waals surface area (Å²) in [6.45, 7) is 3.39. The van der Waals surface area contributed by atoms with Crippen molar-refractivity contribution in [2.45, 2.75) is 19.6 Å². The van der Waals surface area contributed by atoms with Gasteiger partial charge in [0, 0.05) is 38.4 Å². The topological polar surface area (TPSA) is 45.4 Å². The largest absolute Gasteiger partial charge is 0.401 e. The predicted molar refractivity (Wildman–Crippen MR) is 71.6 cm³/mol. The zero-order chi connectivity index (χ0) is 14.8. The molecule has 0 amide bonds. The van der Waals surface area contributed by atoms with E-state index in [-0.39, 0.29) is 0 Å². The van der Waals surface area contributed by atoms with Gasteiger partial charge in [-0.25, -0.2) is 4.98 Å². The van der Waals surface area contributed by atoms with Crippen molar-refractivity contribution in [3.05, 3.63) is 23.4 Å². The summed E-state index contributed by atoms with van der Waals surface area (Å²) in [5, 5.41) is 0. The van der Waals surface area contributed by atoms with E-state index in [1.807, 2.05) is 24.0 Å². The first-order chi connectivity index (χ1) is 9.37. The average Bonchev–Trinajstić information content (AvgIpc) is 2.37. The molecular formula is C13H19F3N4. The molecule has 2 rings (SSSR count). The highest BCUT2D eigenvalue weighted by Gasteiger charge is 2.32. The van der Waals surface area contributed by atoms with Crippen LogP contribution in [-0.4, -0.2) is 48.8 Å². The molecular weight excluding hydrogens is 269 g/mol. The molecule has 1 aromatic heterocycles. The third-order valence-corrected chi connectivity index (χ3v) is 3.33. The van der Waals surface area contributed by atoms with Crippen molar-refractivity contribution in [1.29, 1.82) is 0 Å². The van der Waals surface area contributed by atoms with E-state index in [1.54, 1.807) is 0 Å². The Bertz CT molecular complexity index is 453. The van der Waals surface area contributed by atoms with E-state index in [9.17, 15) is 13.2 Å². The smallest absolute Gasteiger partial charge is 0.354 e. The quantitative estimate of drug-likeness (QED) is 0.916. The van der Waals surface area contributed by atoms with Gasteiger partial charge < -0.3 is 10.6 Å². The van der Waals surface area contributed by atoms with Gasteiger partial charge in [0.25, 0.3) is 0 Å². The van der Waals surface area contributed by atoms with Crippen LogP contribution < -0.4 is 10.6 Å². The van der Waals surface area contributed by atoms with Crippen molar-refractivity contribution in [3.63, 3.8) is 0 Å². The molecule has 4 nitrogen and oxygen atoms in total. The third-order valence-electron chi connectivity index (χ3n) is 3.33. The van der Waals surface area contributed by atoms with Crippen LogP contribution in [0.1, 0.15) is 11.3 Å². The molecule has 0 atom stereocenters. The van der Waals surface area contributed by atoms with Gasteiger partial charge in [-0.2, -0.15) is 13.2 Å². The lowest BCUT2D eigenvalue weighted by molar-refractivity contribution is -0.146. The number of nitrogens with zero attached hydrogens (tertiary/aromatic N) is 3. The van der Waals surface area contributed by atoms with Gasteiger partial charge in [-0.05, 0) is 24.6 Å². The van der Waals surface area contributed by atoms with Gasteiger partial charge in [0.2, 0.25) is 0 Å². The van der Waals surface area contributed by atoms with Gasteiger partial charge in [0.05, 0.1) is 6.54 Å². The highest BCUT2D eigenvalue weighted by atomic mass is 19.4. The van der Waals surface area contributed by atoms with Gasteiger partial charge in [-0.1, -0.05) is 0 Å². The summed E-state index contributed by atoms with van der Waals surface area (Å²) >= 11 is 0. The summed E-state index contributed by atoms with van der Waals surface area (Å²) in [4.78, 5) is 7.87. The Morgan fingerprint density at radius 1 is 1.20 bits per heavy atom. The Hall–Kier alpha value is -1.34. The maximum absolute atomic E-state index is 12.3. The van der Waals surface area contributed by atoms with Crippen molar-refractivity contribution in [2.24, 2.45) is 5.73 Å². The molecule has 2 N–H and O–H groups in total. The molecule has 1 fully saturated rings. The number of hydrogen-bond donors (Lipinski definition) is 1. The molecule has 0 bridgehead atoms. The first-order valence-electron chi connectivity index (χ1n) is 6.59. The van der Waals surface area contributed by atoms with Crippen LogP contribution in [0.15, 0.2) is 12.1 Å². The molecule has 1 aromatic rings. The first kappa shape index (κ1) is 15.1. The number of nitrogens with two attached hydrogens (primary N) is 1.